The van der Waals surface area contributed by atoms with Crippen LogP contribution in [0.4, 0.5) is 0 Å². The minimum Gasteiger partial charge on any atom is -0.462 e. The Morgan fingerprint density at radius 3 is 1.90 bits per heavy atom. The summed E-state index contributed by atoms with van der Waals surface area (Å²) >= 11 is 0. The third kappa shape index (κ3) is 14.0. The smallest absolute Gasteiger partial charge is 0.322 e. The van der Waals surface area contributed by atoms with Gasteiger partial charge in [-0.3, -0.25) is 4.79 Å². The summed E-state index contributed by atoms with van der Waals surface area (Å²) in [7, 11) is 0. The number of esters is 1. The molecule has 0 aromatic heterocycles. The van der Waals surface area contributed by atoms with Crippen molar-refractivity contribution in [3.63, 3.8) is 0 Å². The molecule has 0 saturated carbocycles. The van der Waals surface area contributed by atoms with E-state index in [2.05, 4.69) is 6.92 Å². The molecule has 0 aliphatic carbocycles. The van der Waals surface area contributed by atoms with E-state index in [4.69, 9.17) is 24.7 Å². The number of carbonyl (C=O) groups is 1. The van der Waals surface area contributed by atoms with Crippen molar-refractivity contribution in [2.45, 2.75) is 45.6 Å². The van der Waals surface area contributed by atoms with Gasteiger partial charge in [-0.15, -0.1) is 0 Å². The molecule has 0 spiro atoms. The van der Waals surface area contributed by atoms with Crippen LogP contribution in [0.3, 0.4) is 0 Å². The van der Waals surface area contributed by atoms with E-state index >= 15 is 0 Å². The van der Waals surface area contributed by atoms with Crippen molar-refractivity contribution in [3.05, 3.63) is 0 Å². The molecular formula is C15H31NO5. The van der Waals surface area contributed by atoms with Crippen LogP contribution in [0.2, 0.25) is 0 Å². The topological polar surface area (TPSA) is 80.0 Å². The minimum absolute atomic E-state index is 0.233. The van der Waals surface area contributed by atoms with Crippen molar-refractivity contribution >= 4 is 5.97 Å². The van der Waals surface area contributed by atoms with E-state index in [1.54, 1.807) is 0 Å². The summed E-state index contributed by atoms with van der Waals surface area (Å²) in [4.78, 5) is 11.4. The van der Waals surface area contributed by atoms with E-state index in [1.807, 2.05) is 6.92 Å². The molecule has 0 fully saturated rings. The van der Waals surface area contributed by atoms with E-state index < -0.39 is 6.04 Å². The summed E-state index contributed by atoms with van der Waals surface area (Å²) in [5.74, 6) is -0.360. The third-order valence-electron chi connectivity index (χ3n) is 2.76. The SMILES string of the molecule is CCCCOCCOCCOCCOC(=O)C(N)CCC. The van der Waals surface area contributed by atoms with Gasteiger partial charge >= 0.3 is 5.97 Å². The zero-order valence-corrected chi connectivity index (χ0v) is 13.5. The van der Waals surface area contributed by atoms with Gasteiger partial charge in [0.05, 0.1) is 33.0 Å². The Kier molecular flexibility index (Phi) is 15.2. The van der Waals surface area contributed by atoms with Gasteiger partial charge in [-0.2, -0.15) is 0 Å². The highest BCUT2D eigenvalue weighted by molar-refractivity contribution is 5.75. The van der Waals surface area contributed by atoms with Crippen LogP contribution < -0.4 is 5.73 Å². The molecule has 0 aromatic rings. The molecule has 6 heteroatoms. The summed E-state index contributed by atoms with van der Waals surface area (Å²) in [5, 5.41) is 0. The Morgan fingerprint density at radius 1 is 0.857 bits per heavy atom. The Balaban J connectivity index is 3.17. The highest BCUT2D eigenvalue weighted by atomic mass is 16.6. The van der Waals surface area contributed by atoms with Gasteiger partial charge in [-0.05, 0) is 12.8 Å². The molecule has 1 unspecified atom stereocenters. The Bertz CT molecular complexity index is 238. The molecule has 0 aromatic carbocycles. The molecule has 0 amide bonds. The molecular weight excluding hydrogens is 274 g/mol. The molecule has 126 valence electrons. The van der Waals surface area contributed by atoms with E-state index in [1.165, 1.54) is 0 Å². The van der Waals surface area contributed by atoms with Crippen molar-refractivity contribution in [1.82, 2.24) is 0 Å². The van der Waals surface area contributed by atoms with Crippen LogP contribution in [-0.4, -0.2) is 58.3 Å². The Hall–Kier alpha value is -0.690. The van der Waals surface area contributed by atoms with Crippen molar-refractivity contribution in [2.75, 3.05) is 46.2 Å². The number of hydrogen-bond donors (Lipinski definition) is 1. The van der Waals surface area contributed by atoms with Crippen molar-refractivity contribution in [1.29, 1.82) is 0 Å². The van der Waals surface area contributed by atoms with Gasteiger partial charge in [0, 0.05) is 6.61 Å². The van der Waals surface area contributed by atoms with Gasteiger partial charge in [-0.25, -0.2) is 0 Å². The van der Waals surface area contributed by atoms with Crippen LogP contribution in [0.25, 0.3) is 0 Å². The van der Waals surface area contributed by atoms with Crippen LogP contribution in [-0.2, 0) is 23.7 Å². The van der Waals surface area contributed by atoms with Gasteiger partial charge < -0.3 is 24.7 Å². The monoisotopic (exact) mass is 305 g/mol. The maximum Gasteiger partial charge on any atom is 0.322 e. The Labute approximate surface area is 128 Å². The quantitative estimate of drug-likeness (QED) is 0.365. The zero-order chi connectivity index (χ0) is 15.8. The molecule has 0 aliphatic rings. The first-order chi connectivity index (χ1) is 10.2. The molecule has 6 nitrogen and oxygen atoms in total. The van der Waals surface area contributed by atoms with Gasteiger partial charge in [0.15, 0.2) is 0 Å². The molecule has 0 saturated heterocycles. The van der Waals surface area contributed by atoms with Crippen molar-refractivity contribution < 1.29 is 23.7 Å². The maximum absolute atomic E-state index is 11.4. The second-order valence-corrected chi connectivity index (χ2v) is 4.75. The molecule has 21 heavy (non-hydrogen) atoms. The predicted octanol–water partition coefficient (Wildman–Crippen LogP) is 1.51. The lowest BCUT2D eigenvalue weighted by molar-refractivity contribution is -0.147. The molecule has 1 atom stereocenters. The van der Waals surface area contributed by atoms with Crippen LogP contribution in [0.5, 0.6) is 0 Å². The fraction of sp³-hybridized carbons (Fsp3) is 0.933. The Morgan fingerprint density at radius 2 is 1.38 bits per heavy atom. The van der Waals surface area contributed by atoms with Crippen LogP contribution in [0.1, 0.15) is 39.5 Å². The van der Waals surface area contributed by atoms with Crippen molar-refractivity contribution in [3.8, 4) is 0 Å². The maximum atomic E-state index is 11.4. The standard InChI is InChI=1S/C15H31NO5/c1-3-5-7-18-8-9-19-10-11-20-12-13-21-15(17)14(16)6-4-2/h14H,3-13,16H2,1-2H3. The number of hydrogen-bond acceptors (Lipinski definition) is 6. The lowest BCUT2D eigenvalue weighted by Crippen LogP contribution is -2.32. The summed E-state index contributed by atoms with van der Waals surface area (Å²) < 4.78 is 21.0. The first kappa shape index (κ1) is 20.3. The second kappa shape index (κ2) is 15.7. The third-order valence-corrected chi connectivity index (χ3v) is 2.76. The summed E-state index contributed by atoms with van der Waals surface area (Å²) in [6.07, 6.45) is 3.74. The highest BCUT2D eigenvalue weighted by Gasteiger charge is 2.12. The number of unbranched alkanes of at least 4 members (excludes halogenated alkanes) is 1. The van der Waals surface area contributed by atoms with E-state index in [-0.39, 0.29) is 12.6 Å². The van der Waals surface area contributed by atoms with Gasteiger partial charge in [0.1, 0.15) is 12.6 Å². The highest BCUT2D eigenvalue weighted by Crippen LogP contribution is 1.96. The number of rotatable bonds is 15. The first-order valence-corrected chi connectivity index (χ1v) is 7.87. The number of nitrogens with two attached hydrogens (primary N) is 1. The average molecular weight is 305 g/mol. The fourth-order valence-corrected chi connectivity index (χ4v) is 1.53. The van der Waals surface area contributed by atoms with E-state index in [9.17, 15) is 4.79 Å². The van der Waals surface area contributed by atoms with E-state index in [0.29, 0.717) is 39.5 Å². The molecule has 0 radical (unpaired) electrons. The lowest BCUT2D eigenvalue weighted by atomic mass is 10.2. The first-order valence-electron chi connectivity index (χ1n) is 7.87. The van der Waals surface area contributed by atoms with Crippen molar-refractivity contribution in [2.24, 2.45) is 5.73 Å². The normalized spacial score (nSPS) is 12.3. The van der Waals surface area contributed by atoms with Gasteiger partial charge in [0.25, 0.3) is 0 Å². The van der Waals surface area contributed by atoms with Crippen LogP contribution in [0.15, 0.2) is 0 Å². The minimum atomic E-state index is -0.522. The summed E-state index contributed by atoms with van der Waals surface area (Å²) in [6.45, 7) is 7.69. The van der Waals surface area contributed by atoms with E-state index in [0.717, 1.165) is 25.9 Å². The number of carbonyl (C=O) groups excluding carboxylic acids is 1. The van der Waals surface area contributed by atoms with Gasteiger partial charge in [0.2, 0.25) is 0 Å². The second-order valence-electron chi connectivity index (χ2n) is 4.75. The predicted molar refractivity (Wildman–Crippen MR) is 81.2 cm³/mol. The molecule has 0 rings (SSSR count). The fourth-order valence-electron chi connectivity index (χ4n) is 1.53. The summed E-state index contributed by atoms with van der Waals surface area (Å²) in [6, 6.07) is -0.522. The van der Waals surface area contributed by atoms with Crippen LogP contribution in [0, 0.1) is 0 Å². The molecule has 2 N–H and O–H groups in total. The number of ether oxygens (including phenoxy) is 4. The largest absolute Gasteiger partial charge is 0.462 e. The lowest BCUT2D eigenvalue weighted by Gasteiger charge is -2.10. The average Bonchev–Trinajstić information content (AvgIpc) is 2.48. The molecule has 0 heterocycles. The zero-order valence-electron chi connectivity index (χ0n) is 13.5. The molecule has 0 bridgehead atoms. The van der Waals surface area contributed by atoms with Crippen LogP contribution >= 0.6 is 0 Å². The van der Waals surface area contributed by atoms with Gasteiger partial charge in [-0.1, -0.05) is 26.7 Å². The molecule has 0 aliphatic heterocycles. The summed E-state index contributed by atoms with van der Waals surface area (Å²) in [5.41, 5.74) is 5.62.